The van der Waals surface area contributed by atoms with Crippen LogP contribution in [0, 0.1) is 25.1 Å². The van der Waals surface area contributed by atoms with Crippen LogP contribution in [-0.2, 0) is 0 Å². The molecule has 0 saturated heterocycles. The number of halogens is 1. The van der Waals surface area contributed by atoms with Crippen LogP contribution in [0.4, 0.5) is 4.39 Å². The van der Waals surface area contributed by atoms with Crippen molar-refractivity contribution in [2.45, 2.75) is 23.6 Å². The van der Waals surface area contributed by atoms with Crippen molar-refractivity contribution in [3.05, 3.63) is 58.9 Å². The maximum Gasteiger partial charge on any atom is 0.137 e. The third-order valence-electron chi connectivity index (χ3n) is 2.81. The van der Waals surface area contributed by atoms with Crippen LogP contribution in [0.5, 0.6) is 0 Å². The van der Waals surface area contributed by atoms with Crippen LogP contribution in [0.3, 0.4) is 0 Å². The average molecular weight is 274 g/mol. The van der Waals surface area contributed by atoms with Crippen molar-refractivity contribution in [2.24, 2.45) is 5.73 Å². The summed E-state index contributed by atoms with van der Waals surface area (Å²) in [6.45, 7) is 4.02. The summed E-state index contributed by atoms with van der Waals surface area (Å²) in [5.74, 6) is -0.471. The molecular formula is C15H15FN2S. The standard InChI is InChI=1S/C15H15FN2S/c1-9-3-4-10(2)14(7-9)19-13-6-5-11(15(17)18)8-12(13)16/h3-8H,1-2H3,(H3,17,18). The largest absolute Gasteiger partial charge is 0.384 e. The highest BCUT2D eigenvalue weighted by atomic mass is 32.2. The van der Waals surface area contributed by atoms with E-state index in [2.05, 4.69) is 0 Å². The Balaban J connectivity index is 2.33. The van der Waals surface area contributed by atoms with E-state index in [1.165, 1.54) is 17.8 Å². The average Bonchev–Trinajstić information content (AvgIpc) is 2.36. The molecule has 2 aromatic rings. The monoisotopic (exact) mass is 274 g/mol. The zero-order valence-electron chi connectivity index (χ0n) is 10.8. The van der Waals surface area contributed by atoms with Crippen molar-refractivity contribution >= 4 is 17.6 Å². The molecule has 0 aliphatic rings. The van der Waals surface area contributed by atoms with Crippen molar-refractivity contribution in [1.82, 2.24) is 0 Å². The van der Waals surface area contributed by atoms with Gasteiger partial charge in [-0.05, 0) is 49.2 Å². The zero-order valence-corrected chi connectivity index (χ0v) is 11.6. The predicted molar refractivity (Wildman–Crippen MR) is 77.5 cm³/mol. The van der Waals surface area contributed by atoms with Gasteiger partial charge in [0.05, 0.1) is 0 Å². The summed E-state index contributed by atoms with van der Waals surface area (Å²) in [5, 5.41) is 7.29. The number of benzene rings is 2. The van der Waals surface area contributed by atoms with Crippen LogP contribution in [-0.4, -0.2) is 5.84 Å². The smallest absolute Gasteiger partial charge is 0.137 e. The SMILES string of the molecule is Cc1ccc(C)c(Sc2ccc(C(=N)N)cc2F)c1. The van der Waals surface area contributed by atoms with Crippen molar-refractivity contribution in [1.29, 1.82) is 5.41 Å². The number of amidine groups is 1. The second-order valence-electron chi connectivity index (χ2n) is 4.43. The Morgan fingerprint density at radius 3 is 2.47 bits per heavy atom. The quantitative estimate of drug-likeness (QED) is 0.659. The Bertz CT molecular complexity index is 638. The molecule has 98 valence electrons. The van der Waals surface area contributed by atoms with Crippen LogP contribution < -0.4 is 5.73 Å². The molecule has 0 aromatic heterocycles. The van der Waals surface area contributed by atoms with E-state index >= 15 is 0 Å². The number of hydrogen-bond acceptors (Lipinski definition) is 2. The Labute approximate surface area is 116 Å². The number of hydrogen-bond donors (Lipinski definition) is 2. The van der Waals surface area contributed by atoms with Crippen LogP contribution in [0.25, 0.3) is 0 Å². The van der Waals surface area contributed by atoms with Crippen LogP contribution in [0.1, 0.15) is 16.7 Å². The van der Waals surface area contributed by atoms with E-state index in [1.54, 1.807) is 12.1 Å². The summed E-state index contributed by atoms with van der Waals surface area (Å²) in [5.41, 5.74) is 8.01. The van der Waals surface area contributed by atoms with Gasteiger partial charge >= 0.3 is 0 Å². The highest BCUT2D eigenvalue weighted by Gasteiger charge is 2.08. The summed E-state index contributed by atoms with van der Waals surface area (Å²) in [7, 11) is 0. The molecule has 0 aliphatic heterocycles. The summed E-state index contributed by atoms with van der Waals surface area (Å²) in [6.07, 6.45) is 0. The first-order valence-corrected chi connectivity index (χ1v) is 6.68. The van der Waals surface area contributed by atoms with Gasteiger partial charge in [-0.25, -0.2) is 4.39 Å². The van der Waals surface area contributed by atoms with Crippen molar-refractivity contribution in [3.8, 4) is 0 Å². The molecule has 4 heteroatoms. The molecule has 2 nitrogen and oxygen atoms in total. The lowest BCUT2D eigenvalue weighted by Gasteiger charge is -2.08. The van der Waals surface area contributed by atoms with Crippen molar-refractivity contribution in [2.75, 3.05) is 0 Å². The minimum atomic E-state index is -0.349. The maximum absolute atomic E-state index is 14.0. The number of rotatable bonds is 3. The molecule has 0 amide bonds. The lowest BCUT2D eigenvalue weighted by molar-refractivity contribution is 0.601. The van der Waals surface area contributed by atoms with Gasteiger partial charge in [0.2, 0.25) is 0 Å². The molecule has 0 atom stereocenters. The van der Waals surface area contributed by atoms with Gasteiger partial charge in [0.1, 0.15) is 11.7 Å². The first-order chi connectivity index (χ1) is 8.97. The fourth-order valence-electron chi connectivity index (χ4n) is 1.69. The summed E-state index contributed by atoms with van der Waals surface area (Å²) in [6, 6.07) is 10.7. The van der Waals surface area contributed by atoms with Gasteiger partial charge in [-0.2, -0.15) is 0 Å². The molecule has 0 unspecified atom stereocenters. The fourth-order valence-corrected chi connectivity index (χ4v) is 2.69. The predicted octanol–water partition coefficient (Wildman–Crippen LogP) is 3.88. The maximum atomic E-state index is 14.0. The normalized spacial score (nSPS) is 10.5. The van der Waals surface area contributed by atoms with E-state index in [0.29, 0.717) is 10.5 Å². The number of aryl methyl sites for hydroxylation is 2. The minimum absolute atomic E-state index is 0.123. The lowest BCUT2D eigenvalue weighted by Crippen LogP contribution is -2.11. The van der Waals surface area contributed by atoms with Gasteiger partial charge < -0.3 is 5.73 Å². The molecule has 2 rings (SSSR count). The van der Waals surface area contributed by atoms with Crippen molar-refractivity contribution < 1.29 is 4.39 Å². The second-order valence-corrected chi connectivity index (χ2v) is 5.51. The number of nitrogens with two attached hydrogens (primary N) is 1. The summed E-state index contributed by atoms with van der Waals surface area (Å²) in [4.78, 5) is 1.58. The minimum Gasteiger partial charge on any atom is -0.384 e. The van der Waals surface area contributed by atoms with Gasteiger partial charge in [0.15, 0.2) is 0 Å². The molecule has 0 fully saturated rings. The van der Waals surface area contributed by atoms with Crippen LogP contribution >= 0.6 is 11.8 Å². The highest BCUT2D eigenvalue weighted by Crippen LogP contribution is 2.32. The molecule has 0 radical (unpaired) electrons. The molecule has 0 heterocycles. The third-order valence-corrected chi connectivity index (χ3v) is 4.02. The first-order valence-electron chi connectivity index (χ1n) is 5.86. The van der Waals surface area contributed by atoms with Gasteiger partial charge in [-0.1, -0.05) is 23.9 Å². The van der Waals surface area contributed by atoms with Crippen molar-refractivity contribution in [3.63, 3.8) is 0 Å². The lowest BCUT2D eigenvalue weighted by atomic mass is 10.2. The van der Waals surface area contributed by atoms with E-state index in [1.807, 2.05) is 32.0 Å². The molecule has 3 N–H and O–H groups in total. The van der Waals surface area contributed by atoms with E-state index in [-0.39, 0.29) is 11.7 Å². The van der Waals surface area contributed by atoms with Gasteiger partial charge in [0.25, 0.3) is 0 Å². The van der Waals surface area contributed by atoms with E-state index in [0.717, 1.165) is 16.0 Å². The molecule has 0 aliphatic carbocycles. The molecule has 2 aromatic carbocycles. The van der Waals surface area contributed by atoms with E-state index in [4.69, 9.17) is 11.1 Å². The van der Waals surface area contributed by atoms with Gasteiger partial charge in [-0.15, -0.1) is 0 Å². The Hall–Kier alpha value is -1.81. The van der Waals surface area contributed by atoms with Crippen LogP contribution in [0.15, 0.2) is 46.2 Å². The Kier molecular flexibility index (Phi) is 3.90. The molecule has 0 bridgehead atoms. The fraction of sp³-hybridized carbons (Fsp3) is 0.133. The molecule has 19 heavy (non-hydrogen) atoms. The molecule has 0 saturated carbocycles. The topological polar surface area (TPSA) is 49.9 Å². The third kappa shape index (κ3) is 3.15. The summed E-state index contributed by atoms with van der Waals surface area (Å²) < 4.78 is 14.0. The molecular weight excluding hydrogens is 259 g/mol. The second kappa shape index (κ2) is 5.45. The van der Waals surface area contributed by atoms with Gasteiger partial charge in [-0.3, -0.25) is 5.41 Å². The Morgan fingerprint density at radius 2 is 1.84 bits per heavy atom. The number of nitrogens with one attached hydrogen (secondary N) is 1. The first kappa shape index (κ1) is 13.6. The van der Waals surface area contributed by atoms with E-state index in [9.17, 15) is 4.39 Å². The number of nitrogen functional groups attached to an aromatic ring is 1. The van der Waals surface area contributed by atoms with E-state index < -0.39 is 0 Å². The zero-order chi connectivity index (χ0) is 14.0. The van der Waals surface area contributed by atoms with Crippen LogP contribution in [0.2, 0.25) is 0 Å². The molecule has 0 spiro atoms. The summed E-state index contributed by atoms with van der Waals surface area (Å²) >= 11 is 1.39. The highest BCUT2D eigenvalue weighted by molar-refractivity contribution is 7.99. The van der Waals surface area contributed by atoms with Gasteiger partial charge in [0, 0.05) is 15.4 Å². The Morgan fingerprint density at radius 1 is 1.11 bits per heavy atom.